The number of piperidine rings is 1. The molecule has 2 unspecified atom stereocenters. The number of methoxy groups -OCH3 is 1. The maximum atomic E-state index is 12.9. The lowest BCUT2D eigenvalue weighted by Crippen LogP contribution is -2.54. The number of benzene rings is 2. The number of phenolic OH excluding ortho intramolecular Hbond substituents is 1. The smallest absolute Gasteiger partial charge is 0.323 e. The predicted molar refractivity (Wildman–Crippen MR) is 120 cm³/mol. The summed E-state index contributed by atoms with van der Waals surface area (Å²) in [6.07, 6.45) is 7.62. The van der Waals surface area contributed by atoms with Crippen LogP contribution in [0.3, 0.4) is 0 Å². The molecule has 2 aromatic rings. The molecule has 2 fully saturated rings. The summed E-state index contributed by atoms with van der Waals surface area (Å²) < 4.78 is 5.08. The van der Waals surface area contributed by atoms with Crippen LogP contribution in [-0.4, -0.2) is 54.2 Å². The highest BCUT2D eigenvalue weighted by Crippen LogP contribution is 2.30. The molecule has 1 heterocycles. The third-order valence-electron chi connectivity index (χ3n) is 6.88. The first-order chi connectivity index (χ1) is 15.1. The molecule has 1 aliphatic carbocycles. The van der Waals surface area contributed by atoms with Crippen LogP contribution in [0.15, 0.2) is 36.4 Å². The van der Waals surface area contributed by atoms with Crippen LogP contribution in [0, 0.1) is 5.92 Å². The Morgan fingerprint density at radius 3 is 2.65 bits per heavy atom. The molecule has 2 aliphatic rings. The number of carbonyl (C=O) groups excluding carboxylic acids is 2. The average Bonchev–Trinajstić information content (AvgIpc) is 2.80. The van der Waals surface area contributed by atoms with Crippen molar-refractivity contribution >= 4 is 22.6 Å². The Kier molecular flexibility index (Phi) is 6.76. The van der Waals surface area contributed by atoms with E-state index in [0.717, 1.165) is 24.9 Å². The number of amides is 1. The lowest BCUT2D eigenvalue weighted by Gasteiger charge is -2.40. The Hall–Kier alpha value is -2.60. The minimum absolute atomic E-state index is 0.00477. The number of hydrogen-bond acceptors (Lipinski definition) is 5. The topological polar surface area (TPSA) is 78.9 Å². The highest BCUT2D eigenvalue weighted by molar-refractivity contribution is 6.03. The summed E-state index contributed by atoms with van der Waals surface area (Å²) in [5.41, 5.74) is 0.262. The molecule has 0 bridgehead atoms. The monoisotopic (exact) mass is 424 g/mol. The molecule has 1 aliphatic heterocycles. The van der Waals surface area contributed by atoms with Crippen molar-refractivity contribution in [3.8, 4) is 5.75 Å². The van der Waals surface area contributed by atoms with E-state index in [1.54, 1.807) is 12.1 Å². The summed E-state index contributed by atoms with van der Waals surface area (Å²) in [5, 5.41) is 15.2. The van der Waals surface area contributed by atoms with Gasteiger partial charge in [0, 0.05) is 24.5 Å². The van der Waals surface area contributed by atoms with Gasteiger partial charge < -0.3 is 15.2 Å². The lowest BCUT2D eigenvalue weighted by molar-refractivity contribution is -0.149. The van der Waals surface area contributed by atoms with E-state index in [4.69, 9.17) is 4.74 Å². The van der Waals surface area contributed by atoms with E-state index in [1.807, 2.05) is 24.3 Å². The number of ether oxygens (including phenoxy) is 1. The van der Waals surface area contributed by atoms with Crippen molar-refractivity contribution in [2.75, 3.05) is 20.2 Å². The van der Waals surface area contributed by atoms with E-state index in [2.05, 4.69) is 10.2 Å². The first-order valence-corrected chi connectivity index (χ1v) is 11.4. The number of fused-ring (bicyclic) bond motifs is 1. The van der Waals surface area contributed by atoms with Crippen molar-refractivity contribution in [1.29, 1.82) is 0 Å². The van der Waals surface area contributed by atoms with Crippen LogP contribution in [0.4, 0.5) is 0 Å². The molecule has 0 spiro atoms. The second-order valence-corrected chi connectivity index (χ2v) is 8.92. The second kappa shape index (κ2) is 9.69. The van der Waals surface area contributed by atoms with Crippen molar-refractivity contribution in [2.24, 2.45) is 5.92 Å². The van der Waals surface area contributed by atoms with E-state index in [0.29, 0.717) is 17.7 Å². The van der Waals surface area contributed by atoms with Crippen molar-refractivity contribution < 1.29 is 19.4 Å². The quantitative estimate of drug-likeness (QED) is 0.713. The van der Waals surface area contributed by atoms with Crippen molar-refractivity contribution in [3.05, 3.63) is 42.0 Å². The molecule has 6 nitrogen and oxygen atoms in total. The van der Waals surface area contributed by atoms with Gasteiger partial charge in [-0.2, -0.15) is 0 Å². The summed E-state index contributed by atoms with van der Waals surface area (Å²) in [4.78, 5) is 27.7. The fraction of sp³-hybridized carbons (Fsp3) is 0.520. The molecule has 31 heavy (non-hydrogen) atoms. The van der Waals surface area contributed by atoms with Crippen molar-refractivity contribution in [2.45, 2.75) is 57.0 Å². The van der Waals surface area contributed by atoms with Gasteiger partial charge in [0.15, 0.2) is 0 Å². The van der Waals surface area contributed by atoms with E-state index in [9.17, 15) is 14.7 Å². The van der Waals surface area contributed by atoms with Crippen molar-refractivity contribution in [1.82, 2.24) is 10.2 Å². The maximum absolute atomic E-state index is 12.9. The van der Waals surface area contributed by atoms with Gasteiger partial charge in [-0.1, -0.05) is 49.6 Å². The maximum Gasteiger partial charge on any atom is 0.323 e. The van der Waals surface area contributed by atoms with E-state index >= 15 is 0 Å². The third kappa shape index (κ3) is 4.85. The Labute approximate surface area is 183 Å². The lowest BCUT2D eigenvalue weighted by atomic mass is 9.87. The molecule has 4 rings (SSSR count). The van der Waals surface area contributed by atoms with Gasteiger partial charge >= 0.3 is 5.97 Å². The first kappa shape index (κ1) is 21.6. The van der Waals surface area contributed by atoms with Gasteiger partial charge in [0.25, 0.3) is 5.91 Å². The molecule has 1 saturated carbocycles. The number of esters is 1. The van der Waals surface area contributed by atoms with Crippen LogP contribution in [0.25, 0.3) is 10.8 Å². The van der Waals surface area contributed by atoms with Gasteiger partial charge in [0.05, 0.1) is 12.7 Å². The van der Waals surface area contributed by atoms with Gasteiger partial charge in [0.1, 0.15) is 11.8 Å². The SMILES string of the molecule is COC(=O)C1CC(NC(=O)c2ccc3ccccc3c2O)CCN1CC1CCCCC1. The van der Waals surface area contributed by atoms with Gasteiger partial charge in [-0.15, -0.1) is 0 Å². The van der Waals surface area contributed by atoms with Gasteiger partial charge in [-0.05, 0) is 43.1 Å². The van der Waals surface area contributed by atoms with Gasteiger partial charge in [-0.25, -0.2) is 0 Å². The molecule has 0 radical (unpaired) electrons. The standard InChI is InChI=1S/C25H32N2O4/c1-31-25(30)22-15-19(13-14-27(22)16-17-7-3-2-4-8-17)26-24(29)21-12-11-18-9-5-6-10-20(18)23(21)28/h5-6,9-12,17,19,22,28H,2-4,7-8,13-16H2,1H3,(H,26,29). The second-order valence-electron chi connectivity index (χ2n) is 8.92. The zero-order valence-corrected chi connectivity index (χ0v) is 18.2. The minimum Gasteiger partial charge on any atom is -0.506 e. The molecule has 166 valence electrons. The number of hydrogen-bond donors (Lipinski definition) is 2. The zero-order chi connectivity index (χ0) is 21.8. The van der Waals surface area contributed by atoms with E-state index < -0.39 is 0 Å². The molecule has 1 saturated heterocycles. The summed E-state index contributed by atoms with van der Waals surface area (Å²) in [7, 11) is 1.43. The fourth-order valence-corrected chi connectivity index (χ4v) is 5.15. The number of rotatable bonds is 5. The molecule has 2 aromatic carbocycles. The van der Waals surface area contributed by atoms with Crippen LogP contribution in [-0.2, 0) is 9.53 Å². The largest absolute Gasteiger partial charge is 0.506 e. The molecular weight excluding hydrogens is 392 g/mol. The van der Waals surface area contributed by atoms with Crippen LogP contribution in [0.5, 0.6) is 5.75 Å². The predicted octanol–water partition coefficient (Wildman–Crippen LogP) is 3.86. The van der Waals surface area contributed by atoms with Crippen molar-refractivity contribution in [3.63, 3.8) is 0 Å². The molecule has 6 heteroatoms. The van der Waals surface area contributed by atoms with Gasteiger partial charge in [0.2, 0.25) is 0 Å². The van der Waals surface area contributed by atoms with Crippen LogP contribution >= 0.6 is 0 Å². The van der Waals surface area contributed by atoms with Crippen LogP contribution < -0.4 is 5.32 Å². The normalized spacial score (nSPS) is 22.9. The Balaban J connectivity index is 1.44. The number of nitrogens with zero attached hydrogens (tertiary/aromatic N) is 1. The van der Waals surface area contributed by atoms with E-state index in [1.165, 1.54) is 39.2 Å². The first-order valence-electron chi connectivity index (χ1n) is 11.4. The molecule has 1 amide bonds. The Bertz CT molecular complexity index is 938. The zero-order valence-electron chi connectivity index (χ0n) is 18.2. The molecular formula is C25H32N2O4. The molecule has 2 atom stereocenters. The summed E-state index contributed by atoms with van der Waals surface area (Å²) in [6, 6.07) is 10.5. The third-order valence-corrected chi connectivity index (χ3v) is 6.88. The van der Waals surface area contributed by atoms with E-state index in [-0.39, 0.29) is 35.3 Å². The number of carbonyl (C=O) groups is 2. The number of likely N-dealkylation sites (tertiary alicyclic amines) is 1. The highest BCUT2D eigenvalue weighted by atomic mass is 16.5. The molecule has 0 aromatic heterocycles. The Morgan fingerprint density at radius 2 is 1.87 bits per heavy atom. The highest BCUT2D eigenvalue weighted by Gasteiger charge is 2.36. The number of aromatic hydroxyl groups is 1. The van der Waals surface area contributed by atoms with Crippen LogP contribution in [0.2, 0.25) is 0 Å². The summed E-state index contributed by atoms with van der Waals surface area (Å²) in [6.45, 7) is 1.68. The number of nitrogens with one attached hydrogen (secondary N) is 1. The van der Waals surface area contributed by atoms with Gasteiger partial charge in [-0.3, -0.25) is 14.5 Å². The Morgan fingerprint density at radius 1 is 1.10 bits per heavy atom. The van der Waals surface area contributed by atoms with Crippen LogP contribution in [0.1, 0.15) is 55.3 Å². The number of phenols is 1. The average molecular weight is 425 g/mol. The fourth-order valence-electron chi connectivity index (χ4n) is 5.15. The molecule has 2 N–H and O–H groups in total. The summed E-state index contributed by atoms with van der Waals surface area (Å²) in [5.74, 6) is 0.0948. The summed E-state index contributed by atoms with van der Waals surface area (Å²) >= 11 is 0. The minimum atomic E-state index is -0.337.